The first-order chi connectivity index (χ1) is 9.28. The molecular weight excluding hydrogens is 274 g/mol. The predicted molar refractivity (Wildman–Crippen MR) is 81.8 cm³/mol. The number of hydrogen-bond donors (Lipinski definition) is 2. The van der Waals surface area contributed by atoms with E-state index in [2.05, 4.69) is 26.1 Å². The normalized spacial score (nSPS) is 11.2. The molecule has 0 saturated carbocycles. The van der Waals surface area contributed by atoms with Gasteiger partial charge in [0.05, 0.1) is 12.2 Å². The molecule has 2 N–H and O–H groups in total. The van der Waals surface area contributed by atoms with Crippen molar-refractivity contribution in [3.63, 3.8) is 0 Å². The first kappa shape index (κ1) is 16.6. The van der Waals surface area contributed by atoms with Crippen molar-refractivity contribution in [3.05, 3.63) is 35.4 Å². The summed E-state index contributed by atoms with van der Waals surface area (Å²) in [5.41, 5.74) is 1.59. The zero-order valence-electron chi connectivity index (χ0n) is 12.1. The van der Waals surface area contributed by atoms with Crippen molar-refractivity contribution in [1.82, 2.24) is 5.32 Å². The SMILES string of the molecule is CC(C)(C)SCC(=O)NCc1ccccc1CC(=O)O. The van der Waals surface area contributed by atoms with Crippen LogP contribution in [0.15, 0.2) is 24.3 Å². The number of carbonyl (C=O) groups is 2. The van der Waals surface area contributed by atoms with Gasteiger partial charge in [0.25, 0.3) is 0 Å². The van der Waals surface area contributed by atoms with Crippen LogP contribution < -0.4 is 5.32 Å². The fraction of sp³-hybridized carbons (Fsp3) is 0.467. The van der Waals surface area contributed by atoms with Crippen molar-refractivity contribution in [2.45, 2.75) is 38.5 Å². The minimum absolute atomic E-state index is 0.0250. The van der Waals surface area contributed by atoms with Gasteiger partial charge in [0, 0.05) is 11.3 Å². The van der Waals surface area contributed by atoms with Crippen LogP contribution in [0, 0.1) is 0 Å². The van der Waals surface area contributed by atoms with E-state index in [1.807, 2.05) is 12.1 Å². The predicted octanol–water partition coefficient (Wildman–Crippen LogP) is 2.46. The maximum atomic E-state index is 11.7. The average Bonchev–Trinajstić information content (AvgIpc) is 2.34. The van der Waals surface area contributed by atoms with Crippen LogP contribution in [0.25, 0.3) is 0 Å². The molecule has 4 nitrogen and oxygen atoms in total. The third kappa shape index (κ3) is 6.61. The van der Waals surface area contributed by atoms with Crippen LogP contribution in [-0.2, 0) is 22.6 Å². The molecule has 0 aliphatic heterocycles. The number of thioether (sulfide) groups is 1. The molecule has 0 aliphatic carbocycles. The van der Waals surface area contributed by atoms with Gasteiger partial charge in [-0.05, 0) is 11.1 Å². The highest BCUT2D eigenvalue weighted by Crippen LogP contribution is 2.22. The van der Waals surface area contributed by atoms with Crippen LogP contribution in [0.1, 0.15) is 31.9 Å². The smallest absolute Gasteiger partial charge is 0.307 e. The van der Waals surface area contributed by atoms with Crippen molar-refractivity contribution in [2.24, 2.45) is 0 Å². The highest BCUT2D eigenvalue weighted by Gasteiger charge is 2.13. The molecule has 0 atom stereocenters. The van der Waals surface area contributed by atoms with E-state index >= 15 is 0 Å². The number of amides is 1. The summed E-state index contributed by atoms with van der Waals surface area (Å²) in [6.45, 7) is 6.56. The monoisotopic (exact) mass is 295 g/mol. The zero-order valence-corrected chi connectivity index (χ0v) is 12.9. The number of rotatable bonds is 6. The number of carboxylic acids is 1. The Morgan fingerprint density at radius 2 is 1.80 bits per heavy atom. The van der Waals surface area contributed by atoms with Crippen molar-refractivity contribution >= 4 is 23.6 Å². The Morgan fingerprint density at radius 3 is 2.35 bits per heavy atom. The highest BCUT2D eigenvalue weighted by molar-refractivity contribution is 8.01. The standard InChI is InChI=1S/C15H21NO3S/c1-15(2,3)20-10-13(17)16-9-12-7-5-4-6-11(12)8-14(18)19/h4-7H,8-10H2,1-3H3,(H,16,17)(H,18,19). The van der Waals surface area contributed by atoms with Crippen LogP contribution in [0.5, 0.6) is 0 Å². The molecule has 0 fully saturated rings. The molecule has 110 valence electrons. The second-order valence-corrected chi connectivity index (χ2v) is 7.32. The van der Waals surface area contributed by atoms with E-state index in [-0.39, 0.29) is 17.1 Å². The Morgan fingerprint density at radius 1 is 1.20 bits per heavy atom. The summed E-state index contributed by atoms with van der Waals surface area (Å²) in [4.78, 5) is 22.5. The molecule has 0 spiro atoms. The van der Waals surface area contributed by atoms with E-state index in [4.69, 9.17) is 5.11 Å². The number of benzene rings is 1. The molecule has 1 aromatic rings. The van der Waals surface area contributed by atoms with Gasteiger partial charge in [0.15, 0.2) is 0 Å². The molecule has 1 amide bonds. The number of nitrogens with one attached hydrogen (secondary N) is 1. The third-order valence-corrected chi connectivity index (χ3v) is 3.84. The summed E-state index contributed by atoms with van der Waals surface area (Å²) in [5.74, 6) is -0.493. The lowest BCUT2D eigenvalue weighted by Gasteiger charge is -2.17. The number of carboxylic acid groups (broad SMARTS) is 1. The van der Waals surface area contributed by atoms with Crippen molar-refractivity contribution in [2.75, 3.05) is 5.75 Å². The van der Waals surface area contributed by atoms with Crippen molar-refractivity contribution in [3.8, 4) is 0 Å². The summed E-state index contributed by atoms with van der Waals surface area (Å²) < 4.78 is 0.0541. The first-order valence-corrected chi connectivity index (χ1v) is 7.46. The second kappa shape index (κ2) is 7.33. The topological polar surface area (TPSA) is 66.4 Å². The van der Waals surface area contributed by atoms with Crippen LogP contribution in [0.3, 0.4) is 0 Å². The molecule has 0 heterocycles. The minimum atomic E-state index is -0.868. The summed E-state index contributed by atoms with van der Waals surface area (Å²) in [6.07, 6.45) is -0.0250. The van der Waals surface area contributed by atoms with E-state index in [1.54, 1.807) is 23.9 Å². The summed E-state index contributed by atoms with van der Waals surface area (Å²) in [7, 11) is 0. The van der Waals surface area contributed by atoms with Gasteiger partial charge >= 0.3 is 5.97 Å². The average molecular weight is 295 g/mol. The van der Waals surface area contributed by atoms with E-state index < -0.39 is 5.97 Å². The molecule has 1 aromatic carbocycles. The Labute approximate surface area is 124 Å². The molecule has 20 heavy (non-hydrogen) atoms. The van der Waals surface area contributed by atoms with Gasteiger partial charge in [0.1, 0.15) is 0 Å². The van der Waals surface area contributed by atoms with Crippen LogP contribution in [0.4, 0.5) is 0 Å². The van der Waals surface area contributed by atoms with Gasteiger partial charge in [-0.15, -0.1) is 11.8 Å². The lowest BCUT2D eigenvalue weighted by Crippen LogP contribution is -2.27. The summed E-state index contributed by atoms with van der Waals surface area (Å²) in [5, 5.41) is 11.7. The van der Waals surface area contributed by atoms with Crippen molar-refractivity contribution in [1.29, 1.82) is 0 Å². The van der Waals surface area contributed by atoms with E-state index in [0.717, 1.165) is 11.1 Å². The van der Waals surface area contributed by atoms with Gasteiger partial charge in [-0.25, -0.2) is 0 Å². The van der Waals surface area contributed by atoms with Crippen molar-refractivity contribution < 1.29 is 14.7 Å². The van der Waals surface area contributed by atoms with Crippen LogP contribution >= 0.6 is 11.8 Å². The Balaban J connectivity index is 2.53. The molecule has 0 saturated heterocycles. The maximum absolute atomic E-state index is 11.7. The van der Waals surface area contributed by atoms with E-state index in [0.29, 0.717) is 12.3 Å². The molecule has 5 heteroatoms. The Bertz CT molecular complexity index is 480. The molecule has 0 bridgehead atoms. The van der Waals surface area contributed by atoms with Gasteiger partial charge in [0.2, 0.25) is 5.91 Å². The van der Waals surface area contributed by atoms with Gasteiger partial charge in [-0.3, -0.25) is 9.59 Å². The van der Waals surface area contributed by atoms with Gasteiger partial charge in [-0.1, -0.05) is 45.0 Å². The molecule has 0 radical (unpaired) electrons. The summed E-state index contributed by atoms with van der Waals surface area (Å²) in [6, 6.07) is 7.27. The molecule has 0 unspecified atom stereocenters. The molecule has 0 aromatic heterocycles. The lowest BCUT2D eigenvalue weighted by molar-refractivity contribution is -0.136. The van der Waals surface area contributed by atoms with E-state index in [9.17, 15) is 9.59 Å². The molecular formula is C15H21NO3S. The molecule has 1 rings (SSSR count). The van der Waals surface area contributed by atoms with Gasteiger partial charge in [-0.2, -0.15) is 0 Å². The quantitative estimate of drug-likeness (QED) is 0.846. The highest BCUT2D eigenvalue weighted by atomic mass is 32.2. The lowest BCUT2D eigenvalue weighted by atomic mass is 10.0. The van der Waals surface area contributed by atoms with Crippen LogP contribution in [0.2, 0.25) is 0 Å². The number of hydrogen-bond acceptors (Lipinski definition) is 3. The van der Waals surface area contributed by atoms with Gasteiger partial charge < -0.3 is 10.4 Å². The molecule has 0 aliphatic rings. The minimum Gasteiger partial charge on any atom is -0.481 e. The second-order valence-electron chi connectivity index (χ2n) is 5.52. The Kier molecular flexibility index (Phi) is 6.07. The first-order valence-electron chi connectivity index (χ1n) is 6.47. The van der Waals surface area contributed by atoms with E-state index in [1.165, 1.54) is 0 Å². The fourth-order valence-electron chi connectivity index (χ4n) is 1.59. The fourth-order valence-corrected chi connectivity index (χ4v) is 2.26. The summed E-state index contributed by atoms with van der Waals surface area (Å²) >= 11 is 1.59. The largest absolute Gasteiger partial charge is 0.481 e. The zero-order chi connectivity index (χ0) is 15.2. The third-order valence-electron chi connectivity index (χ3n) is 2.57. The maximum Gasteiger partial charge on any atom is 0.307 e. The number of aliphatic carboxylic acids is 1. The Hall–Kier alpha value is -1.49. The van der Waals surface area contributed by atoms with Crippen LogP contribution in [-0.4, -0.2) is 27.5 Å². The number of carbonyl (C=O) groups excluding carboxylic acids is 1.